The standard InChI is InChI=1S/C17H25N3O3S/c18-9-8-16(22)19-12-13-4-1-2-10-20(13)17(23)7-6-14(21)15-5-3-11-24-15/h3,5,11,13H,1-2,4,6-10,12,18H2,(H,19,22). The van der Waals surface area contributed by atoms with Crippen molar-refractivity contribution in [2.75, 3.05) is 19.6 Å². The normalized spacial score (nSPS) is 17.5. The number of likely N-dealkylation sites (tertiary alicyclic amines) is 1. The molecule has 1 aromatic heterocycles. The summed E-state index contributed by atoms with van der Waals surface area (Å²) in [5.74, 6) is -0.0656. The fourth-order valence-corrected chi connectivity index (χ4v) is 3.61. The van der Waals surface area contributed by atoms with Crippen molar-refractivity contribution >= 4 is 28.9 Å². The first-order valence-corrected chi connectivity index (χ1v) is 9.32. The SMILES string of the molecule is NCCC(=O)NCC1CCCCN1C(=O)CCC(=O)c1cccs1. The van der Waals surface area contributed by atoms with Crippen LogP contribution in [0.3, 0.4) is 0 Å². The molecule has 132 valence electrons. The first-order valence-electron chi connectivity index (χ1n) is 8.44. The Morgan fingerprint density at radius 3 is 2.79 bits per heavy atom. The summed E-state index contributed by atoms with van der Waals surface area (Å²) in [6, 6.07) is 3.64. The number of carbonyl (C=O) groups excluding carboxylic acids is 3. The van der Waals surface area contributed by atoms with E-state index in [2.05, 4.69) is 5.32 Å². The van der Waals surface area contributed by atoms with Crippen molar-refractivity contribution < 1.29 is 14.4 Å². The number of nitrogens with two attached hydrogens (primary N) is 1. The summed E-state index contributed by atoms with van der Waals surface area (Å²) in [5.41, 5.74) is 5.37. The van der Waals surface area contributed by atoms with Crippen LogP contribution in [0.4, 0.5) is 0 Å². The molecule has 1 unspecified atom stereocenters. The molecule has 1 fully saturated rings. The Hall–Kier alpha value is -1.73. The highest BCUT2D eigenvalue weighted by Crippen LogP contribution is 2.19. The third kappa shape index (κ3) is 5.42. The molecule has 24 heavy (non-hydrogen) atoms. The number of Topliss-reactive ketones (excluding diaryl/α,β-unsaturated/α-hetero) is 1. The molecule has 0 bridgehead atoms. The van der Waals surface area contributed by atoms with Crippen LogP contribution in [0.15, 0.2) is 17.5 Å². The van der Waals surface area contributed by atoms with Crippen molar-refractivity contribution in [3.8, 4) is 0 Å². The van der Waals surface area contributed by atoms with E-state index in [1.54, 1.807) is 6.07 Å². The Balaban J connectivity index is 1.83. The average Bonchev–Trinajstić information content (AvgIpc) is 3.13. The number of rotatable bonds is 8. The molecule has 7 heteroatoms. The van der Waals surface area contributed by atoms with Crippen molar-refractivity contribution in [3.63, 3.8) is 0 Å². The van der Waals surface area contributed by atoms with Crippen LogP contribution in [0, 0.1) is 0 Å². The van der Waals surface area contributed by atoms with E-state index in [4.69, 9.17) is 5.73 Å². The first kappa shape index (κ1) is 18.6. The molecule has 0 radical (unpaired) electrons. The Labute approximate surface area is 146 Å². The number of thiophene rings is 1. The molecule has 6 nitrogen and oxygen atoms in total. The number of nitrogens with one attached hydrogen (secondary N) is 1. The van der Waals surface area contributed by atoms with Crippen LogP contribution in [0.2, 0.25) is 0 Å². The molecule has 0 saturated carbocycles. The van der Waals surface area contributed by atoms with Crippen molar-refractivity contribution in [1.82, 2.24) is 10.2 Å². The number of carbonyl (C=O) groups is 3. The first-order chi connectivity index (χ1) is 11.6. The summed E-state index contributed by atoms with van der Waals surface area (Å²) in [4.78, 5) is 38.6. The van der Waals surface area contributed by atoms with Crippen molar-refractivity contribution in [2.45, 2.75) is 44.6 Å². The highest BCUT2D eigenvalue weighted by molar-refractivity contribution is 7.12. The van der Waals surface area contributed by atoms with Crippen LogP contribution in [0.1, 0.15) is 48.2 Å². The molecule has 1 aliphatic heterocycles. The Morgan fingerprint density at radius 2 is 2.08 bits per heavy atom. The van der Waals surface area contributed by atoms with Gasteiger partial charge < -0.3 is 16.0 Å². The van der Waals surface area contributed by atoms with E-state index >= 15 is 0 Å². The van der Waals surface area contributed by atoms with Gasteiger partial charge in [-0.05, 0) is 30.7 Å². The predicted octanol–water partition coefficient (Wildman–Crippen LogP) is 1.56. The second-order valence-corrected chi connectivity index (χ2v) is 6.93. The smallest absolute Gasteiger partial charge is 0.223 e. The van der Waals surface area contributed by atoms with E-state index in [1.165, 1.54) is 11.3 Å². The van der Waals surface area contributed by atoms with Gasteiger partial charge in [-0.25, -0.2) is 0 Å². The lowest BCUT2D eigenvalue weighted by Gasteiger charge is -2.36. The summed E-state index contributed by atoms with van der Waals surface area (Å²) in [6.45, 7) is 1.48. The molecule has 1 saturated heterocycles. The Bertz CT molecular complexity index is 559. The second kappa shape index (κ2) is 9.54. The lowest BCUT2D eigenvalue weighted by Crippen LogP contribution is -2.49. The lowest BCUT2D eigenvalue weighted by atomic mass is 10.0. The zero-order valence-electron chi connectivity index (χ0n) is 13.8. The zero-order valence-corrected chi connectivity index (χ0v) is 14.6. The maximum atomic E-state index is 12.5. The molecule has 1 aromatic rings. The number of hydrogen-bond donors (Lipinski definition) is 2. The largest absolute Gasteiger partial charge is 0.354 e. The minimum atomic E-state index is -0.0802. The molecule has 3 N–H and O–H groups in total. The van der Waals surface area contributed by atoms with Crippen LogP contribution in [-0.2, 0) is 9.59 Å². The fourth-order valence-electron chi connectivity index (χ4n) is 2.92. The van der Waals surface area contributed by atoms with E-state index in [1.807, 2.05) is 16.3 Å². The number of nitrogens with zero attached hydrogens (tertiary/aromatic N) is 1. The molecule has 0 aliphatic carbocycles. The quantitative estimate of drug-likeness (QED) is 0.695. The molecule has 1 atom stereocenters. The van der Waals surface area contributed by atoms with Crippen LogP contribution < -0.4 is 11.1 Å². The third-order valence-electron chi connectivity index (χ3n) is 4.22. The molecule has 0 spiro atoms. The van der Waals surface area contributed by atoms with Gasteiger partial charge in [0.25, 0.3) is 0 Å². The summed E-state index contributed by atoms with van der Waals surface area (Å²) in [6.07, 6.45) is 3.67. The van der Waals surface area contributed by atoms with Crippen LogP contribution >= 0.6 is 11.3 Å². The van der Waals surface area contributed by atoms with Crippen LogP contribution in [-0.4, -0.2) is 48.2 Å². The van der Waals surface area contributed by atoms with Gasteiger partial charge in [0.2, 0.25) is 11.8 Å². The van der Waals surface area contributed by atoms with E-state index in [-0.39, 0.29) is 36.5 Å². The second-order valence-electron chi connectivity index (χ2n) is 5.98. The molecule has 2 rings (SSSR count). The van der Waals surface area contributed by atoms with E-state index in [0.717, 1.165) is 19.3 Å². The lowest BCUT2D eigenvalue weighted by molar-refractivity contribution is -0.135. The van der Waals surface area contributed by atoms with E-state index in [9.17, 15) is 14.4 Å². The average molecular weight is 351 g/mol. The number of amides is 2. The van der Waals surface area contributed by atoms with Gasteiger partial charge in [-0.1, -0.05) is 6.07 Å². The van der Waals surface area contributed by atoms with Crippen LogP contribution in [0.5, 0.6) is 0 Å². The monoisotopic (exact) mass is 351 g/mol. The zero-order chi connectivity index (χ0) is 17.4. The summed E-state index contributed by atoms with van der Waals surface area (Å²) < 4.78 is 0. The summed E-state index contributed by atoms with van der Waals surface area (Å²) in [7, 11) is 0. The van der Waals surface area contributed by atoms with Gasteiger partial charge in [0, 0.05) is 44.9 Å². The molecule has 2 heterocycles. The summed E-state index contributed by atoms with van der Waals surface area (Å²) in [5, 5.41) is 4.71. The number of hydrogen-bond acceptors (Lipinski definition) is 5. The minimum Gasteiger partial charge on any atom is -0.354 e. The fraction of sp³-hybridized carbons (Fsp3) is 0.588. The molecule has 2 amide bonds. The van der Waals surface area contributed by atoms with E-state index in [0.29, 0.717) is 30.9 Å². The van der Waals surface area contributed by atoms with Gasteiger partial charge in [-0.2, -0.15) is 0 Å². The molecular weight excluding hydrogens is 326 g/mol. The highest BCUT2D eigenvalue weighted by Gasteiger charge is 2.27. The van der Waals surface area contributed by atoms with Crippen molar-refractivity contribution in [1.29, 1.82) is 0 Å². The van der Waals surface area contributed by atoms with Gasteiger partial charge in [0.05, 0.1) is 4.88 Å². The van der Waals surface area contributed by atoms with Gasteiger partial charge >= 0.3 is 0 Å². The topological polar surface area (TPSA) is 92.5 Å². The van der Waals surface area contributed by atoms with Gasteiger partial charge in [-0.15, -0.1) is 11.3 Å². The highest BCUT2D eigenvalue weighted by atomic mass is 32.1. The summed E-state index contributed by atoms with van der Waals surface area (Å²) >= 11 is 1.40. The Morgan fingerprint density at radius 1 is 1.25 bits per heavy atom. The molecule has 0 aromatic carbocycles. The molecular formula is C17H25N3O3S. The predicted molar refractivity (Wildman–Crippen MR) is 93.9 cm³/mol. The van der Waals surface area contributed by atoms with Crippen molar-refractivity contribution in [2.24, 2.45) is 5.73 Å². The number of piperidine rings is 1. The Kier molecular flexibility index (Phi) is 7.39. The van der Waals surface area contributed by atoms with Crippen molar-refractivity contribution in [3.05, 3.63) is 22.4 Å². The van der Waals surface area contributed by atoms with Crippen LogP contribution in [0.25, 0.3) is 0 Å². The molecule has 1 aliphatic rings. The van der Waals surface area contributed by atoms with Gasteiger partial charge in [-0.3, -0.25) is 14.4 Å². The van der Waals surface area contributed by atoms with Gasteiger partial charge in [0.1, 0.15) is 0 Å². The maximum Gasteiger partial charge on any atom is 0.223 e. The van der Waals surface area contributed by atoms with Gasteiger partial charge in [0.15, 0.2) is 5.78 Å². The maximum absolute atomic E-state index is 12.5. The minimum absolute atomic E-state index is 0.00215. The van der Waals surface area contributed by atoms with E-state index < -0.39 is 0 Å². The number of ketones is 1. The third-order valence-corrected chi connectivity index (χ3v) is 5.13.